The maximum Gasteiger partial charge on any atom is 0.296 e. The molecule has 0 amide bonds. The lowest BCUT2D eigenvalue weighted by molar-refractivity contribution is 0.466. The van der Waals surface area contributed by atoms with E-state index in [4.69, 9.17) is 16.0 Å². The summed E-state index contributed by atoms with van der Waals surface area (Å²) in [4.78, 5) is 34.9. The van der Waals surface area contributed by atoms with E-state index in [-0.39, 0.29) is 5.56 Å². The summed E-state index contributed by atoms with van der Waals surface area (Å²) in [5.74, 6) is -1.43. The highest BCUT2D eigenvalue weighted by molar-refractivity contribution is 8.28. The van der Waals surface area contributed by atoms with Crippen LogP contribution >= 0.6 is 10.8 Å². The van der Waals surface area contributed by atoms with Crippen molar-refractivity contribution < 1.29 is 18.1 Å². The first kappa shape index (κ1) is 20.9. The molecule has 0 aliphatic carbocycles. The van der Waals surface area contributed by atoms with Crippen LogP contribution in [-0.4, -0.2) is 36.1 Å². The molecule has 0 fully saturated rings. The first-order chi connectivity index (χ1) is 12.0. The van der Waals surface area contributed by atoms with E-state index in [0.29, 0.717) is 4.31 Å². The predicted octanol–water partition coefficient (Wildman–Crippen LogP) is 1.21. The van der Waals surface area contributed by atoms with Crippen LogP contribution < -0.4 is 11.5 Å². The van der Waals surface area contributed by atoms with Crippen molar-refractivity contribution in [1.82, 2.24) is 4.31 Å². The number of nitrogens with zero attached hydrogens (tertiary/aromatic N) is 5. The second kappa shape index (κ2) is 7.42. The van der Waals surface area contributed by atoms with Gasteiger partial charge in [-0.25, -0.2) is 0 Å². The van der Waals surface area contributed by atoms with Gasteiger partial charge >= 0.3 is 0 Å². The van der Waals surface area contributed by atoms with Crippen molar-refractivity contribution >= 4 is 39.0 Å². The molecule has 0 aromatic heterocycles. The van der Waals surface area contributed by atoms with Crippen LogP contribution in [0.3, 0.4) is 0 Å². The molecule has 0 aliphatic rings. The summed E-state index contributed by atoms with van der Waals surface area (Å²) in [5, 5.41) is 10.2. The predicted molar refractivity (Wildman–Crippen MR) is 95.2 cm³/mol. The van der Waals surface area contributed by atoms with Gasteiger partial charge in [0.05, 0.1) is 19.4 Å². The lowest BCUT2D eigenvalue weighted by Gasteiger charge is -2.28. The minimum Gasteiger partial charge on any atom is -0.505 e. The van der Waals surface area contributed by atoms with E-state index in [9.17, 15) is 28.2 Å². The summed E-state index contributed by atoms with van der Waals surface area (Å²) in [6.07, 6.45) is 0. The fourth-order valence-corrected chi connectivity index (χ4v) is 3.16. The van der Waals surface area contributed by atoms with E-state index in [1.165, 1.54) is 0 Å². The SMILES string of the molecule is C=Nc1c(S(=O)(=O)O)ccc(/C(N)=C(/N)N(C)S(N=O)(N=O)N=O)c1O. The summed E-state index contributed by atoms with van der Waals surface area (Å²) in [7, 11) is -7.73. The van der Waals surface area contributed by atoms with Gasteiger partial charge < -0.3 is 16.6 Å². The molecule has 14 nitrogen and oxygen atoms in total. The van der Waals surface area contributed by atoms with Gasteiger partial charge in [-0.2, -0.15) is 8.42 Å². The van der Waals surface area contributed by atoms with Crippen molar-refractivity contribution in [3.8, 4) is 5.75 Å². The molecular formula is C10H13N7O7S2. The average Bonchev–Trinajstić information content (AvgIpc) is 2.61. The van der Waals surface area contributed by atoms with Gasteiger partial charge in [0, 0.05) is 12.6 Å². The van der Waals surface area contributed by atoms with Gasteiger partial charge in [-0.3, -0.25) is 13.9 Å². The van der Waals surface area contributed by atoms with Crippen molar-refractivity contribution in [2.45, 2.75) is 4.90 Å². The Labute approximate surface area is 148 Å². The van der Waals surface area contributed by atoms with Crippen LogP contribution in [0.2, 0.25) is 0 Å². The maximum atomic E-state index is 11.3. The van der Waals surface area contributed by atoms with Crippen LogP contribution in [0.4, 0.5) is 5.69 Å². The Morgan fingerprint density at radius 3 is 2.04 bits per heavy atom. The molecule has 0 heterocycles. The van der Waals surface area contributed by atoms with Crippen LogP contribution in [-0.2, 0) is 10.1 Å². The van der Waals surface area contributed by atoms with Gasteiger partial charge in [0.1, 0.15) is 16.4 Å². The Morgan fingerprint density at radius 1 is 1.15 bits per heavy atom. The normalized spacial score (nSPS) is 13.3. The molecule has 142 valence electrons. The number of aliphatic imine (C=N–C) groups is 1. The fraction of sp³-hybridized carbons (Fsp3) is 0.100. The number of hydrogen-bond acceptors (Lipinski definition) is 13. The Bertz CT molecular complexity index is 893. The van der Waals surface area contributed by atoms with E-state index in [2.05, 4.69) is 25.5 Å². The van der Waals surface area contributed by atoms with Crippen LogP contribution in [0.1, 0.15) is 5.56 Å². The zero-order chi connectivity index (χ0) is 20.3. The molecule has 0 spiro atoms. The van der Waals surface area contributed by atoms with Crippen molar-refractivity contribution in [3.05, 3.63) is 38.2 Å². The van der Waals surface area contributed by atoms with E-state index in [1.807, 2.05) is 0 Å². The Kier molecular flexibility index (Phi) is 5.97. The number of phenolic OH excluding ortho intramolecular Hbond substituents is 1. The number of hydrogen-bond donors (Lipinski definition) is 4. The molecule has 0 unspecified atom stereocenters. The van der Waals surface area contributed by atoms with Crippen LogP contribution in [0.5, 0.6) is 5.75 Å². The molecule has 16 heteroatoms. The molecule has 0 saturated carbocycles. The van der Waals surface area contributed by atoms with Gasteiger partial charge in [0.2, 0.25) is 0 Å². The molecule has 0 atom stereocenters. The third-order valence-corrected chi connectivity index (χ3v) is 5.54. The number of benzene rings is 1. The molecule has 0 bridgehead atoms. The Hall–Kier alpha value is -3.11. The molecule has 6 N–H and O–H groups in total. The number of nitroso groups, excluding NO2 is 3. The van der Waals surface area contributed by atoms with E-state index in [0.717, 1.165) is 19.2 Å². The average molecular weight is 407 g/mol. The summed E-state index contributed by atoms with van der Waals surface area (Å²) >= 11 is 0. The largest absolute Gasteiger partial charge is 0.505 e. The molecule has 0 saturated heterocycles. The standard InChI is InChI=1S/C10H13N7O7S2/c1-13-8-6(25(22,23)24)4-3-5(9(8)18)7(11)10(12)17(2)26(14-19,15-20)16-21/h3-4,18H,1,11-12H2,2H3,(H,22,23,24)/b10-7+. The van der Waals surface area contributed by atoms with Gasteiger partial charge in [-0.1, -0.05) is 0 Å². The molecule has 1 aromatic carbocycles. The van der Waals surface area contributed by atoms with E-state index in [1.54, 1.807) is 0 Å². The highest BCUT2D eigenvalue weighted by atomic mass is 32.3. The highest BCUT2D eigenvalue weighted by Crippen LogP contribution is 2.56. The molecular weight excluding hydrogens is 394 g/mol. The summed E-state index contributed by atoms with van der Waals surface area (Å²) in [5.41, 5.74) is 9.99. The number of rotatable bonds is 8. The van der Waals surface area contributed by atoms with Gasteiger partial charge in [0.15, 0.2) is 5.75 Å². The lowest BCUT2D eigenvalue weighted by Crippen LogP contribution is -2.27. The molecule has 1 aromatic rings. The first-order valence-corrected chi connectivity index (χ1v) is 9.07. The van der Waals surface area contributed by atoms with Crippen LogP contribution in [0, 0.1) is 14.7 Å². The lowest BCUT2D eigenvalue weighted by atomic mass is 10.1. The topological polar surface area (TPSA) is 231 Å². The summed E-state index contributed by atoms with van der Waals surface area (Å²) in [6.45, 7) is 3.08. The molecule has 0 aliphatic heterocycles. The summed E-state index contributed by atoms with van der Waals surface area (Å²) in [6, 6.07) is 1.81. The zero-order valence-corrected chi connectivity index (χ0v) is 14.6. The van der Waals surface area contributed by atoms with E-state index >= 15 is 0 Å². The Balaban J connectivity index is 3.68. The van der Waals surface area contributed by atoms with E-state index < -0.39 is 48.7 Å². The Morgan fingerprint density at radius 2 is 1.65 bits per heavy atom. The minimum atomic E-state index is -4.74. The van der Waals surface area contributed by atoms with Crippen molar-refractivity contribution in [2.24, 2.45) is 30.2 Å². The quantitative estimate of drug-likeness (QED) is 0.273. The van der Waals surface area contributed by atoms with Gasteiger partial charge in [-0.05, 0) is 18.9 Å². The van der Waals surface area contributed by atoms with Crippen molar-refractivity contribution in [3.63, 3.8) is 0 Å². The summed E-state index contributed by atoms with van der Waals surface area (Å²) < 4.78 is 39.0. The first-order valence-electron chi connectivity index (χ1n) is 6.17. The van der Waals surface area contributed by atoms with Crippen LogP contribution in [0.15, 0.2) is 41.6 Å². The number of nitrogens with two attached hydrogens (primary N) is 2. The number of aromatic hydroxyl groups is 1. The third-order valence-electron chi connectivity index (χ3n) is 3.12. The van der Waals surface area contributed by atoms with Crippen molar-refractivity contribution in [1.29, 1.82) is 0 Å². The highest BCUT2D eigenvalue weighted by Gasteiger charge is 2.36. The third kappa shape index (κ3) is 3.46. The van der Waals surface area contributed by atoms with Crippen molar-refractivity contribution in [2.75, 3.05) is 7.05 Å². The second-order valence-electron chi connectivity index (χ2n) is 4.45. The second-order valence-corrected chi connectivity index (χ2v) is 7.82. The van der Waals surface area contributed by atoms with Crippen LogP contribution in [0.25, 0.3) is 5.70 Å². The maximum absolute atomic E-state index is 11.3. The van der Waals surface area contributed by atoms with Gasteiger partial charge in [-0.15, -0.1) is 14.7 Å². The molecule has 1 rings (SSSR count). The number of phenols is 1. The monoisotopic (exact) mass is 407 g/mol. The molecule has 0 radical (unpaired) electrons. The smallest absolute Gasteiger partial charge is 0.296 e. The molecule has 26 heavy (non-hydrogen) atoms. The fourth-order valence-electron chi connectivity index (χ4n) is 1.77. The minimum absolute atomic E-state index is 0.305. The zero-order valence-electron chi connectivity index (χ0n) is 13.0. The van der Waals surface area contributed by atoms with Gasteiger partial charge in [0.25, 0.3) is 20.9 Å².